The molecule has 1 saturated heterocycles. The van der Waals surface area contributed by atoms with Gasteiger partial charge in [-0.05, 0) is 33.2 Å². The third-order valence-corrected chi connectivity index (χ3v) is 3.30. The van der Waals surface area contributed by atoms with Crippen LogP contribution in [0.1, 0.15) is 34.1 Å². The van der Waals surface area contributed by atoms with E-state index in [-0.39, 0.29) is 18.3 Å². The number of hydrogen-bond donors (Lipinski definition) is 0. The van der Waals surface area contributed by atoms with E-state index in [2.05, 4.69) is 27.7 Å². The summed E-state index contributed by atoms with van der Waals surface area (Å²) in [5, 5.41) is 0. The maximum absolute atomic E-state index is 5.88. The molecule has 0 amide bonds. The molecular weight excluding hydrogens is 179 g/mol. The van der Waals surface area contributed by atoms with Gasteiger partial charge in [-0.1, -0.05) is 0 Å². The van der Waals surface area contributed by atoms with E-state index < -0.39 is 0 Å². The van der Waals surface area contributed by atoms with Crippen LogP contribution < -0.4 is 0 Å². The van der Waals surface area contributed by atoms with Gasteiger partial charge in [0, 0.05) is 6.42 Å². The van der Waals surface area contributed by atoms with Crippen molar-refractivity contribution < 1.29 is 14.0 Å². The fourth-order valence-electron chi connectivity index (χ4n) is 1.57. The van der Waals surface area contributed by atoms with E-state index in [1.165, 1.54) is 0 Å². The van der Waals surface area contributed by atoms with E-state index in [1.54, 1.807) is 6.26 Å². The number of hydrogen-bond acceptors (Lipinski definition) is 3. The topological polar surface area (TPSA) is 27.7 Å². The predicted molar refractivity (Wildman–Crippen MR) is 54.7 cm³/mol. The fourth-order valence-corrected chi connectivity index (χ4v) is 1.57. The van der Waals surface area contributed by atoms with Gasteiger partial charge in [0.05, 0.1) is 24.1 Å². The van der Waals surface area contributed by atoms with Crippen molar-refractivity contribution >= 4 is 7.12 Å². The standard InChI is InChI=1S/C10H17BO3/c1-9(2)10(3,4)14-11(13-9)8-5-6-12-7-8/h7H,5-6H2,1-4H3. The summed E-state index contributed by atoms with van der Waals surface area (Å²) < 4.78 is 16.9. The van der Waals surface area contributed by atoms with Crippen LogP contribution in [0.4, 0.5) is 0 Å². The summed E-state index contributed by atoms with van der Waals surface area (Å²) in [6, 6.07) is 0. The Labute approximate surface area is 85.6 Å². The molecule has 4 heteroatoms. The predicted octanol–water partition coefficient (Wildman–Crippen LogP) is 1.92. The van der Waals surface area contributed by atoms with Crippen LogP contribution in [0.15, 0.2) is 11.7 Å². The average Bonchev–Trinajstić information content (AvgIpc) is 2.58. The van der Waals surface area contributed by atoms with Gasteiger partial charge in [-0.25, -0.2) is 0 Å². The Morgan fingerprint density at radius 3 is 2.14 bits per heavy atom. The molecule has 0 radical (unpaired) electrons. The van der Waals surface area contributed by atoms with Gasteiger partial charge in [-0.2, -0.15) is 0 Å². The fraction of sp³-hybridized carbons (Fsp3) is 0.800. The van der Waals surface area contributed by atoms with Crippen LogP contribution in [0.2, 0.25) is 0 Å². The number of ether oxygens (including phenoxy) is 1. The van der Waals surface area contributed by atoms with E-state index >= 15 is 0 Å². The van der Waals surface area contributed by atoms with Crippen molar-refractivity contribution in [3.63, 3.8) is 0 Å². The molecule has 2 rings (SSSR count). The molecular formula is C10H17BO3. The summed E-state index contributed by atoms with van der Waals surface area (Å²) in [4.78, 5) is 0. The smallest absolute Gasteiger partial charge is 0.493 e. The molecule has 2 heterocycles. The molecule has 0 atom stereocenters. The third-order valence-electron chi connectivity index (χ3n) is 3.30. The molecule has 14 heavy (non-hydrogen) atoms. The van der Waals surface area contributed by atoms with Crippen molar-refractivity contribution in [2.24, 2.45) is 0 Å². The monoisotopic (exact) mass is 196 g/mol. The van der Waals surface area contributed by atoms with Crippen molar-refractivity contribution in [1.29, 1.82) is 0 Å². The molecule has 0 aromatic rings. The maximum atomic E-state index is 5.88. The van der Waals surface area contributed by atoms with Gasteiger partial charge < -0.3 is 14.0 Å². The second kappa shape index (κ2) is 3.01. The van der Waals surface area contributed by atoms with Gasteiger partial charge in [0.25, 0.3) is 0 Å². The molecule has 2 aliphatic heterocycles. The summed E-state index contributed by atoms with van der Waals surface area (Å²) in [6.45, 7) is 8.99. The minimum atomic E-state index is -0.249. The zero-order chi connectivity index (χ0) is 10.4. The van der Waals surface area contributed by atoms with Gasteiger partial charge >= 0.3 is 7.12 Å². The van der Waals surface area contributed by atoms with Crippen molar-refractivity contribution in [1.82, 2.24) is 0 Å². The SMILES string of the molecule is CC1(C)OB(C2=COCC2)OC1(C)C. The maximum Gasteiger partial charge on any atom is 0.493 e. The van der Waals surface area contributed by atoms with Crippen LogP contribution in [-0.2, 0) is 14.0 Å². The van der Waals surface area contributed by atoms with Crippen molar-refractivity contribution in [3.05, 3.63) is 11.7 Å². The Bertz CT molecular complexity index is 255. The Balaban J connectivity index is 2.13. The molecule has 0 spiro atoms. The molecule has 0 unspecified atom stereocenters. The first kappa shape index (κ1) is 10.1. The van der Waals surface area contributed by atoms with Crippen molar-refractivity contribution in [3.8, 4) is 0 Å². The van der Waals surface area contributed by atoms with E-state index in [0.717, 1.165) is 18.5 Å². The molecule has 0 bridgehead atoms. The highest BCUT2D eigenvalue weighted by atomic mass is 16.7. The lowest BCUT2D eigenvalue weighted by molar-refractivity contribution is 0.00578. The lowest BCUT2D eigenvalue weighted by atomic mass is 9.78. The molecule has 0 aromatic heterocycles. The van der Waals surface area contributed by atoms with E-state index in [9.17, 15) is 0 Å². The molecule has 0 aromatic carbocycles. The molecule has 2 aliphatic rings. The largest absolute Gasteiger partial charge is 0.502 e. The zero-order valence-corrected chi connectivity index (χ0v) is 9.29. The van der Waals surface area contributed by atoms with Gasteiger partial charge in [0.2, 0.25) is 0 Å². The highest BCUT2D eigenvalue weighted by Gasteiger charge is 2.52. The molecule has 0 saturated carbocycles. The van der Waals surface area contributed by atoms with Crippen LogP contribution in [0.25, 0.3) is 0 Å². The summed E-state index contributed by atoms with van der Waals surface area (Å²) in [7, 11) is -0.220. The number of rotatable bonds is 1. The van der Waals surface area contributed by atoms with Crippen LogP contribution in [0, 0.1) is 0 Å². The highest BCUT2D eigenvalue weighted by molar-refractivity contribution is 6.54. The zero-order valence-electron chi connectivity index (χ0n) is 9.29. The van der Waals surface area contributed by atoms with E-state index in [0.29, 0.717) is 0 Å². The molecule has 0 aliphatic carbocycles. The summed E-state index contributed by atoms with van der Waals surface area (Å²) >= 11 is 0. The minimum Gasteiger partial charge on any atom is -0.502 e. The van der Waals surface area contributed by atoms with E-state index in [4.69, 9.17) is 14.0 Å². The first-order valence-electron chi connectivity index (χ1n) is 5.08. The van der Waals surface area contributed by atoms with Crippen LogP contribution in [0.5, 0.6) is 0 Å². The van der Waals surface area contributed by atoms with Gasteiger partial charge in [-0.15, -0.1) is 0 Å². The van der Waals surface area contributed by atoms with Crippen LogP contribution in [0.3, 0.4) is 0 Å². The van der Waals surface area contributed by atoms with Crippen LogP contribution >= 0.6 is 0 Å². The van der Waals surface area contributed by atoms with E-state index in [1.807, 2.05) is 0 Å². The summed E-state index contributed by atoms with van der Waals surface area (Å²) in [5.74, 6) is 0. The van der Waals surface area contributed by atoms with Gasteiger partial charge in [-0.3, -0.25) is 0 Å². The Morgan fingerprint density at radius 1 is 1.14 bits per heavy atom. The first-order valence-corrected chi connectivity index (χ1v) is 5.08. The van der Waals surface area contributed by atoms with Gasteiger partial charge in [0.15, 0.2) is 0 Å². The quantitative estimate of drug-likeness (QED) is 0.599. The van der Waals surface area contributed by atoms with Crippen molar-refractivity contribution in [2.75, 3.05) is 6.61 Å². The Hall–Kier alpha value is -0.475. The van der Waals surface area contributed by atoms with Crippen LogP contribution in [-0.4, -0.2) is 24.9 Å². The molecule has 78 valence electrons. The normalized spacial score (nSPS) is 28.9. The molecule has 0 N–H and O–H groups in total. The third kappa shape index (κ3) is 1.46. The first-order chi connectivity index (χ1) is 6.42. The highest BCUT2D eigenvalue weighted by Crippen LogP contribution is 2.39. The second-order valence-corrected chi connectivity index (χ2v) is 4.90. The minimum absolute atomic E-state index is 0.220. The summed E-state index contributed by atoms with van der Waals surface area (Å²) in [5.41, 5.74) is 0.617. The summed E-state index contributed by atoms with van der Waals surface area (Å²) in [6.07, 6.45) is 2.68. The molecule has 3 nitrogen and oxygen atoms in total. The van der Waals surface area contributed by atoms with Gasteiger partial charge in [0.1, 0.15) is 0 Å². The Morgan fingerprint density at radius 2 is 1.71 bits per heavy atom. The Kier molecular flexibility index (Phi) is 2.16. The molecule has 1 fully saturated rings. The average molecular weight is 196 g/mol. The van der Waals surface area contributed by atoms with Crippen molar-refractivity contribution in [2.45, 2.75) is 45.3 Å². The lowest BCUT2D eigenvalue weighted by Gasteiger charge is -2.32. The lowest BCUT2D eigenvalue weighted by Crippen LogP contribution is -2.41. The second-order valence-electron chi connectivity index (χ2n) is 4.90.